The van der Waals surface area contributed by atoms with Crippen LogP contribution in [0.4, 0.5) is 0 Å². The number of hydrogen-bond donors (Lipinski definition) is 1. The fraction of sp³-hybridized carbons (Fsp3) is 0.370. The number of nitrogens with one attached hydrogen (secondary N) is 1. The van der Waals surface area contributed by atoms with E-state index < -0.39 is 0 Å². The Bertz CT molecular complexity index is 970. The monoisotopic (exact) mass is 387 g/mol. The lowest BCUT2D eigenvalue weighted by Crippen LogP contribution is -2.27. The molecule has 0 bridgehead atoms. The Labute approximate surface area is 175 Å². The standard InChI is InChI=1S/C27H33NO/c1-5-6-7-12-19(2)23-16-11-17-24(20(23)3)27(29)28-21(4)25-18-10-14-22-13-8-9-15-26(22)25/h8-11,13-19,21H,5-7,12H2,1-4H3,(H,28,29)/t19?,21-/m1/s1. The Balaban J connectivity index is 1.79. The molecule has 0 saturated carbocycles. The number of rotatable bonds is 8. The summed E-state index contributed by atoms with van der Waals surface area (Å²) in [5, 5.41) is 5.62. The van der Waals surface area contributed by atoms with Crippen molar-refractivity contribution in [2.75, 3.05) is 0 Å². The molecule has 152 valence electrons. The zero-order valence-electron chi connectivity index (χ0n) is 18.2. The lowest BCUT2D eigenvalue weighted by Gasteiger charge is -2.20. The first-order valence-electron chi connectivity index (χ1n) is 10.9. The van der Waals surface area contributed by atoms with Crippen LogP contribution in [-0.2, 0) is 0 Å². The molecule has 0 aliphatic carbocycles. The predicted octanol–water partition coefficient (Wildman–Crippen LogP) is 7.32. The molecule has 29 heavy (non-hydrogen) atoms. The van der Waals surface area contributed by atoms with Crippen LogP contribution >= 0.6 is 0 Å². The number of unbranched alkanes of at least 4 members (excludes halogenated alkanes) is 2. The fourth-order valence-electron chi connectivity index (χ4n) is 4.27. The first-order valence-corrected chi connectivity index (χ1v) is 10.9. The van der Waals surface area contributed by atoms with Crippen molar-refractivity contribution in [3.8, 4) is 0 Å². The SMILES string of the molecule is CCCCCC(C)c1cccc(C(=O)N[C@H](C)c2cccc3ccccc23)c1C. The predicted molar refractivity (Wildman–Crippen MR) is 124 cm³/mol. The summed E-state index contributed by atoms with van der Waals surface area (Å²) in [5.74, 6) is 0.482. The van der Waals surface area contributed by atoms with Gasteiger partial charge in [0.05, 0.1) is 6.04 Å². The van der Waals surface area contributed by atoms with Gasteiger partial charge in [0.15, 0.2) is 0 Å². The van der Waals surface area contributed by atoms with Gasteiger partial charge in [-0.05, 0) is 59.7 Å². The lowest BCUT2D eigenvalue weighted by atomic mass is 9.89. The van der Waals surface area contributed by atoms with Crippen molar-refractivity contribution >= 4 is 16.7 Å². The maximum Gasteiger partial charge on any atom is 0.252 e. The fourth-order valence-corrected chi connectivity index (χ4v) is 4.27. The molecule has 0 aliphatic rings. The van der Waals surface area contributed by atoms with E-state index in [2.05, 4.69) is 69.4 Å². The van der Waals surface area contributed by atoms with E-state index in [-0.39, 0.29) is 11.9 Å². The van der Waals surface area contributed by atoms with E-state index in [1.54, 1.807) is 0 Å². The molecule has 3 aromatic carbocycles. The Kier molecular flexibility index (Phi) is 7.09. The Morgan fingerprint density at radius 2 is 1.59 bits per heavy atom. The van der Waals surface area contributed by atoms with Crippen molar-refractivity contribution in [3.05, 3.63) is 82.9 Å². The average molecular weight is 388 g/mol. The van der Waals surface area contributed by atoms with Crippen LogP contribution in [0.15, 0.2) is 60.7 Å². The first kappa shape index (κ1) is 21.1. The first-order chi connectivity index (χ1) is 14.0. The van der Waals surface area contributed by atoms with Crippen LogP contribution in [0.2, 0.25) is 0 Å². The summed E-state index contributed by atoms with van der Waals surface area (Å²) in [5.41, 5.74) is 4.35. The van der Waals surface area contributed by atoms with Gasteiger partial charge < -0.3 is 5.32 Å². The molecule has 0 spiro atoms. The zero-order valence-corrected chi connectivity index (χ0v) is 18.2. The summed E-state index contributed by atoms with van der Waals surface area (Å²) in [6, 6.07) is 20.7. The Morgan fingerprint density at radius 1 is 0.897 bits per heavy atom. The molecule has 2 nitrogen and oxygen atoms in total. The quantitative estimate of drug-likeness (QED) is 0.403. The number of carbonyl (C=O) groups is 1. The number of carbonyl (C=O) groups excluding carboxylic acids is 1. The summed E-state index contributed by atoms with van der Waals surface area (Å²) >= 11 is 0. The van der Waals surface area contributed by atoms with Gasteiger partial charge in [-0.1, -0.05) is 87.7 Å². The minimum atomic E-state index is -0.0568. The van der Waals surface area contributed by atoms with Gasteiger partial charge in [0, 0.05) is 5.56 Å². The number of hydrogen-bond acceptors (Lipinski definition) is 1. The molecular weight excluding hydrogens is 354 g/mol. The highest BCUT2D eigenvalue weighted by Crippen LogP contribution is 2.28. The molecule has 0 aliphatic heterocycles. The van der Waals surface area contributed by atoms with E-state index in [1.165, 1.54) is 42.0 Å². The van der Waals surface area contributed by atoms with Crippen LogP contribution in [-0.4, -0.2) is 5.91 Å². The van der Waals surface area contributed by atoms with Crippen LogP contribution in [0.3, 0.4) is 0 Å². The van der Waals surface area contributed by atoms with E-state index in [9.17, 15) is 4.79 Å². The highest BCUT2D eigenvalue weighted by Gasteiger charge is 2.18. The molecule has 3 rings (SSSR count). The largest absolute Gasteiger partial charge is 0.345 e. The van der Waals surface area contributed by atoms with Crippen LogP contribution in [0.25, 0.3) is 10.8 Å². The van der Waals surface area contributed by atoms with Gasteiger partial charge in [-0.25, -0.2) is 0 Å². The van der Waals surface area contributed by atoms with E-state index in [1.807, 2.05) is 24.3 Å². The highest BCUT2D eigenvalue weighted by atomic mass is 16.1. The third kappa shape index (κ3) is 4.87. The average Bonchev–Trinajstić information content (AvgIpc) is 2.73. The molecule has 0 fully saturated rings. The van der Waals surface area contributed by atoms with E-state index in [0.29, 0.717) is 5.92 Å². The van der Waals surface area contributed by atoms with Crippen LogP contribution < -0.4 is 5.32 Å². The summed E-state index contributed by atoms with van der Waals surface area (Å²) in [6.45, 7) is 8.66. The van der Waals surface area contributed by atoms with Gasteiger partial charge in [-0.15, -0.1) is 0 Å². The van der Waals surface area contributed by atoms with Crippen LogP contribution in [0.5, 0.6) is 0 Å². The van der Waals surface area contributed by atoms with Gasteiger partial charge >= 0.3 is 0 Å². The summed E-state index contributed by atoms with van der Waals surface area (Å²) in [4.78, 5) is 13.1. The van der Waals surface area contributed by atoms with E-state index in [4.69, 9.17) is 0 Å². The van der Waals surface area contributed by atoms with Crippen molar-refractivity contribution in [3.63, 3.8) is 0 Å². The summed E-state index contributed by atoms with van der Waals surface area (Å²) < 4.78 is 0. The maximum atomic E-state index is 13.1. The zero-order chi connectivity index (χ0) is 20.8. The number of amides is 1. The second kappa shape index (κ2) is 9.73. The van der Waals surface area contributed by atoms with E-state index in [0.717, 1.165) is 16.7 Å². The Hall–Kier alpha value is -2.61. The van der Waals surface area contributed by atoms with Gasteiger partial charge in [-0.3, -0.25) is 4.79 Å². The molecule has 0 heterocycles. The van der Waals surface area contributed by atoms with E-state index >= 15 is 0 Å². The third-order valence-corrected chi connectivity index (χ3v) is 6.03. The molecule has 1 amide bonds. The van der Waals surface area contributed by atoms with Crippen molar-refractivity contribution in [1.82, 2.24) is 5.32 Å². The molecule has 0 aromatic heterocycles. The van der Waals surface area contributed by atoms with Gasteiger partial charge in [0.25, 0.3) is 5.91 Å². The molecular formula is C27H33NO. The topological polar surface area (TPSA) is 29.1 Å². The van der Waals surface area contributed by atoms with Crippen molar-refractivity contribution in [2.45, 2.75) is 65.3 Å². The minimum absolute atomic E-state index is 0.00513. The number of fused-ring (bicyclic) bond motifs is 1. The van der Waals surface area contributed by atoms with Gasteiger partial charge in [0.2, 0.25) is 0 Å². The van der Waals surface area contributed by atoms with Gasteiger partial charge in [-0.2, -0.15) is 0 Å². The molecule has 1 unspecified atom stereocenters. The maximum absolute atomic E-state index is 13.1. The second-order valence-corrected chi connectivity index (χ2v) is 8.18. The van der Waals surface area contributed by atoms with Crippen molar-refractivity contribution in [2.24, 2.45) is 0 Å². The summed E-state index contributed by atoms with van der Waals surface area (Å²) in [7, 11) is 0. The molecule has 1 N–H and O–H groups in total. The molecule has 3 aromatic rings. The third-order valence-electron chi connectivity index (χ3n) is 6.03. The normalized spacial score (nSPS) is 13.2. The van der Waals surface area contributed by atoms with Crippen molar-refractivity contribution in [1.29, 1.82) is 0 Å². The minimum Gasteiger partial charge on any atom is -0.345 e. The van der Waals surface area contributed by atoms with Gasteiger partial charge in [0.1, 0.15) is 0 Å². The molecule has 2 heteroatoms. The Morgan fingerprint density at radius 3 is 2.38 bits per heavy atom. The van der Waals surface area contributed by atoms with Crippen molar-refractivity contribution < 1.29 is 4.79 Å². The summed E-state index contributed by atoms with van der Waals surface area (Å²) in [6.07, 6.45) is 4.92. The number of benzene rings is 3. The molecule has 2 atom stereocenters. The highest BCUT2D eigenvalue weighted by molar-refractivity contribution is 5.96. The second-order valence-electron chi connectivity index (χ2n) is 8.18. The smallest absolute Gasteiger partial charge is 0.252 e. The molecule has 0 radical (unpaired) electrons. The molecule has 0 saturated heterocycles. The van der Waals surface area contributed by atoms with Crippen LogP contribution in [0, 0.1) is 6.92 Å². The van der Waals surface area contributed by atoms with Crippen LogP contribution in [0.1, 0.15) is 85.5 Å². The lowest BCUT2D eigenvalue weighted by molar-refractivity contribution is 0.0939.